The van der Waals surface area contributed by atoms with E-state index in [9.17, 15) is 9.18 Å². The van der Waals surface area contributed by atoms with Gasteiger partial charge in [-0.25, -0.2) is 4.39 Å². The molecule has 1 aromatic heterocycles. The van der Waals surface area contributed by atoms with Gasteiger partial charge in [0, 0.05) is 0 Å². The molecule has 1 heterocycles. The SMILES string of the molecule is CC(C)c1ccc(-n2nnnc2SCC(=O)Nc2ccccc2F)cc1. The van der Waals surface area contributed by atoms with Gasteiger partial charge < -0.3 is 5.32 Å². The summed E-state index contributed by atoms with van der Waals surface area (Å²) in [5.74, 6) is -0.293. The number of nitrogens with one attached hydrogen (secondary N) is 1. The summed E-state index contributed by atoms with van der Waals surface area (Å²) in [5, 5.41) is 14.7. The standard InChI is InChI=1S/C18H18FN5OS/c1-12(2)13-7-9-14(10-8-13)24-18(21-22-23-24)26-11-17(25)20-16-6-4-3-5-15(16)19/h3-10,12H,11H2,1-2H3,(H,20,25). The van der Waals surface area contributed by atoms with Crippen LogP contribution in [0.4, 0.5) is 10.1 Å². The first-order chi connectivity index (χ1) is 12.5. The Morgan fingerprint density at radius 1 is 1.19 bits per heavy atom. The lowest BCUT2D eigenvalue weighted by Crippen LogP contribution is -2.15. The molecule has 0 saturated heterocycles. The average Bonchev–Trinajstić information content (AvgIpc) is 3.10. The Kier molecular flexibility index (Phi) is 5.62. The zero-order chi connectivity index (χ0) is 18.5. The molecular formula is C18H18FN5OS. The maximum absolute atomic E-state index is 13.6. The minimum Gasteiger partial charge on any atom is -0.323 e. The molecule has 0 saturated carbocycles. The summed E-state index contributed by atoms with van der Waals surface area (Å²) >= 11 is 1.18. The smallest absolute Gasteiger partial charge is 0.234 e. The van der Waals surface area contributed by atoms with Gasteiger partial charge >= 0.3 is 0 Å². The molecule has 8 heteroatoms. The van der Waals surface area contributed by atoms with Crippen molar-refractivity contribution in [3.63, 3.8) is 0 Å². The van der Waals surface area contributed by atoms with Crippen LogP contribution >= 0.6 is 11.8 Å². The van der Waals surface area contributed by atoms with Crippen LogP contribution in [0.15, 0.2) is 53.7 Å². The van der Waals surface area contributed by atoms with E-state index < -0.39 is 5.82 Å². The number of thioether (sulfide) groups is 1. The van der Waals surface area contributed by atoms with E-state index in [-0.39, 0.29) is 17.3 Å². The molecule has 0 bridgehead atoms. The fourth-order valence-corrected chi connectivity index (χ4v) is 3.00. The van der Waals surface area contributed by atoms with E-state index in [1.165, 1.54) is 29.5 Å². The van der Waals surface area contributed by atoms with E-state index in [0.717, 1.165) is 5.69 Å². The third-order valence-corrected chi connectivity index (χ3v) is 4.64. The summed E-state index contributed by atoms with van der Waals surface area (Å²) in [6, 6.07) is 14.0. The van der Waals surface area contributed by atoms with Crippen molar-refractivity contribution < 1.29 is 9.18 Å². The third-order valence-electron chi connectivity index (χ3n) is 3.73. The largest absolute Gasteiger partial charge is 0.323 e. The van der Waals surface area contributed by atoms with Gasteiger partial charge in [-0.15, -0.1) is 5.10 Å². The van der Waals surface area contributed by atoms with Crippen LogP contribution < -0.4 is 5.32 Å². The highest BCUT2D eigenvalue weighted by Gasteiger charge is 2.13. The number of aromatic nitrogens is 4. The molecule has 0 unspecified atom stereocenters. The zero-order valence-electron chi connectivity index (χ0n) is 14.4. The fourth-order valence-electron chi connectivity index (χ4n) is 2.31. The maximum Gasteiger partial charge on any atom is 0.234 e. The molecule has 2 aromatic carbocycles. The molecule has 3 rings (SSSR count). The van der Waals surface area contributed by atoms with E-state index in [1.54, 1.807) is 16.8 Å². The van der Waals surface area contributed by atoms with Gasteiger partial charge in [0.05, 0.1) is 17.1 Å². The molecule has 0 fully saturated rings. The molecule has 134 valence electrons. The predicted molar refractivity (Wildman–Crippen MR) is 99.0 cm³/mol. The maximum atomic E-state index is 13.6. The Bertz CT molecular complexity index is 895. The Morgan fingerprint density at radius 3 is 2.62 bits per heavy atom. The summed E-state index contributed by atoms with van der Waals surface area (Å²) in [6.07, 6.45) is 0. The summed E-state index contributed by atoms with van der Waals surface area (Å²) in [4.78, 5) is 12.1. The Morgan fingerprint density at radius 2 is 1.92 bits per heavy atom. The highest BCUT2D eigenvalue weighted by atomic mass is 32.2. The number of hydrogen-bond donors (Lipinski definition) is 1. The van der Waals surface area contributed by atoms with Crippen LogP contribution in [0, 0.1) is 5.82 Å². The van der Waals surface area contributed by atoms with Crippen molar-refractivity contribution in [1.29, 1.82) is 0 Å². The average molecular weight is 371 g/mol. The van der Waals surface area contributed by atoms with Gasteiger partial charge in [0.1, 0.15) is 5.82 Å². The Hall–Kier alpha value is -2.74. The number of anilines is 1. The van der Waals surface area contributed by atoms with Gasteiger partial charge in [-0.3, -0.25) is 4.79 Å². The molecule has 0 aliphatic rings. The minimum atomic E-state index is -0.471. The molecular weight excluding hydrogens is 353 g/mol. The third kappa shape index (κ3) is 4.26. The molecule has 0 spiro atoms. The number of nitrogens with zero attached hydrogens (tertiary/aromatic N) is 4. The molecule has 0 aliphatic heterocycles. The van der Waals surface area contributed by atoms with Gasteiger partial charge in [0.2, 0.25) is 11.1 Å². The normalized spacial score (nSPS) is 10.9. The van der Waals surface area contributed by atoms with Crippen molar-refractivity contribution in [3.05, 3.63) is 59.9 Å². The molecule has 0 radical (unpaired) electrons. The van der Waals surface area contributed by atoms with Crippen molar-refractivity contribution in [2.75, 3.05) is 11.1 Å². The first-order valence-electron chi connectivity index (χ1n) is 8.10. The van der Waals surface area contributed by atoms with Crippen LogP contribution in [0.1, 0.15) is 25.3 Å². The minimum absolute atomic E-state index is 0.0682. The van der Waals surface area contributed by atoms with Crippen molar-refractivity contribution in [2.24, 2.45) is 0 Å². The van der Waals surface area contributed by atoms with E-state index in [1.807, 2.05) is 24.3 Å². The van der Waals surface area contributed by atoms with E-state index in [2.05, 4.69) is 34.7 Å². The highest BCUT2D eigenvalue weighted by molar-refractivity contribution is 7.99. The van der Waals surface area contributed by atoms with Crippen molar-refractivity contribution >= 4 is 23.4 Å². The Balaban J connectivity index is 1.65. The lowest BCUT2D eigenvalue weighted by molar-refractivity contribution is -0.113. The predicted octanol–water partition coefficient (Wildman–Crippen LogP) is 3.66. The van der Waals surface area contributed by atoms with E-state index >= 15 is 0 Å². The Labute approximate surface area is 154 Å². The van der Waals surface area contributed by atoms with Crippen LogP contribution in [0.5, 0.6) is 0 Å². The summed E-state index contributed by atoms with van der Waals surface area (Å²) < 4.78 is 15.2. The van der Waals surface area contributed by atoms with Crippen LogP contribution in [-0.4, -0.2) is 31.9 Å². The number of benzene rings is 2. The number of halogens is 1. The molecule has 1 amide bonds. The van der Waals surface area contributed by atoms with Gasteiger partial charge in [-0.05, 0) is 46.2 Å². The molecule has 26 heavy (non-hydrogen) atoms. The second kappa shape index (κ2) is 8.09. The molecule has 3 aromatic rings. The number of hydrogen-bond acceptors (Lipinski definition) is 5. The fraction of sp³-hybridized carbons (Fsp3) is 0.222. The van der Waals surface area contributed by atoms with Crippen molar-refractivity contribution in [2.45, 2.75) is 24.9 Å². The lowest BCUT2D eigenvalue weighted by atomic mass is 10.0. The number of amides is 1. The van der Waals surface area contributed by atoms with Gasteiger partial charge in [0.15, 0.2) is 0 Å². The summed E-state index contributed by atoms with van der Waals surface area (Å²) in [7, 11) is 0. The zero-order valence-corrected chi connectivity index (χ0v) is 15.2. The lowest BCUT2D eigenvalue weighted by Gasteiger charge is -2.08. The first-order valence-corrected chi connectivity index (χ1v) is 9.09. The van der Waals surface area contributed by atoms with Crippen LogP contribution in [0.2, 0.25) is 0 Å². The second-order valence-electron chi connectivity index (χ2n) is 5.94. The first kappa shape index (κ1) is 18.1. The molecule has 0 aliphatic carbocycles. The topological polar surface area (TPSA) is 72.7 Å². The number of carbonyl (C=O) groups is 1. The second-order valence-corrected chi connectivity index (χ2v) is 6.88. The van der Waals surface area contributed by atoms with Crippen molar-refractivity contribution in [1.82, 2.24) is 20.2 Å². The van der Waals surface area contributed by atoms with Gasteiger partial charge in [-0.1, -0.05) is 49.9 Å². The number of tetrazole rings is 1. The number of para-hydroxylation sites is 1. The van der Waals surface area contributed by atoms with E-state index in [4.69, 9.17) is 0 Å². The van der Waals surface area contributed by atoms with Crippen LogP contribution in [0.3, 0.4) is 0 Å². The molecule has 0 atom stereocenters. The summed E-state index contributed by atoms with van der Waals surface area (Å²) in [5.41, 5.74) is 2.19. The van der Waals surface area contributed by atoms with Gasteiger partial charge in [-0.2, -0.15) is 4.68 Å². The monoisotopic (exact) mass is 371 g/mol. The highest BCUT2D eigenvalue weighted by Crippen LogP contribution is 2.21. The molecule has 1 N–H and O–H groups in total. The quantitative estimate of drug-likeness (QED) is 0.670. The van der Waals surface area contributed by atoms with Crippen LogP contribution in [-0.2, 0) is 4.79 Å². The summed E-state index contributed by atoms with van der Waals surface area (Å²) in [6.45, 7) is 4.25. The number of carbonyl (C=O) groups excluding carboxylic acids is 1. The molecule has 6 nitrogen and oxygen atoms in total. The van der Waals surface area contributed by atoms with Crippen molar-refractivity contribution in [3.8, 4) is 5.69 Å². The van der Waals surface area contributed by atoms with E-state index in [0.29, 0.717) is 11.1 Å². The van der Waals surface area contributed by atoms with Gasteiger partial charge in [0.25, 0.3) is 0 Å². The number of rotatable bonds is 6. The van der Waals surface area contributed by atoms with Crippen LogP contribution in [0.25, 0.3) is 5.69 Å².